The highest BCUT2D eigenvalue weighted by Crippen LogP contribution is 2.24. The molecule has 106 valence electrons. The number of aryl methyl sites for hydroxylation is 1. The van der Waals surface area contributed by atoms with E-state index in [0.29, 0.717) is 0 Å². The molecule has 0 bridgehead atoms. The normalized spacial score (nSPS) is 10.8. The third kappa shape index (κ3) is 3.34. The molecule has 1 aromatic heterocycles. The van der Waals surface area contributed by atoms with Gasteiger partial charge in [0, 0.05) is 28.8 Å². The zero-order valence-electron chi connectivity index (χ0n) is 11.9. The topological polar surface area (TPSA) is 24.9 Å². The van der Waals surface area contributed by atoms with Gasteiger partial charge in [-0.2, -0.15) is 0 Å². The van der Waals surface area contributed by atoms with Crippen molar-refractivity contribution < 1.29 is 0 Å². The lowest BCUT2D eigenvalue weighted by molar-refractivity contribution is 1.02. The molecule has 1 N–H and O–H groups in total. The summed E-state index contributed by atoms with van der Waals surface area (Å²) < 4.78 is 0. The van der Waals surface area contributed by atoms with Crippen LogP contribution in [0.15, 0.2) is 54.7 Å². The first-order valence-electron chi connectivity index (χ1n) is 7.06. The fourth-order valence-corrected chi connectivity index (χ4v) is 2.54. The van der Waals surface area contributed by atoms with Crippen molar-refractivity contribution in [3.05, 3.63) is 70.9 Å². The number of anilines is 1. The molecule has 3 aromatic rings. The summed E-state index contributed by atoms with van der Waals surface area (Å²) in [7, 11) is 0. The van der Waals surface area contributed by atoms with Gasteiger partial charge in [0.1, 0.15) is 0 Å². The van der Waals surface area contributed by atoms with E-state index in [4.69, 9.17) is 11.6 Å². The molecule has 1 heterocycles. The summed E-state index contributed by atoms with van der Waals surface area (Å²) in [5.41, 5.74) is 4.67. The highest BCUT2D eigenvalue weighted by molar-refractivity contribution is 6.31. The Morgan fingerprint density at radius 3 is 2.67 bits per heavy atom. The quantitative estimate of drug-likeness (QED) is 0.744. The van der Waals surface area contributed by atoms with E-state index in [2.05, 4.69) is 41.5 Å². The van der Waals surface area contributed by atoms with Crippen molar-refractivity contribution in [2.24, 2.45) is 0 Å². The molecular weight excluding hydrogens is 280 g/mol. The Labute approximate surface area is 129 Å². The van der Waals surface area contributed by atoms with Gasteiger partial charge in [0.15, 0.2) is 0 Å². The molecule has 0 aliphatic rings. The molecule has 0 fully saturated rings. The SMILES string of the molecule is Cc1ccc(CCNc2ccnc3ccc(Cl)cc23)cc1. The molecule has 0 spiro atoms. The largest absolute Gasteiger partial charge is 0.384 e. The second-order valence-corrected chi connectivity index (χ2v) is 5.62. The maximum atomic E-state index is 6.08. The Morgan fingerprint density at radius 1 is 1.05 bits per heavy atom. The number of fused-ring (bicyclic) bond motifs is 1. The zero-order chi connectivity index (χ0) is 14.7. The third-order valence-electron chi connectivity index (χ3n) is 3.55. The van der Waals surface area contributed by atoms with Crippen molar-refractivity contribution >= 4 is 28.2 Å². The fourth-order valence-electron chi connectivity index (χ4n) is 2.37. The van der Waals surface area contributed by atoms with Crippen LogP contribution in [0.25, 0.3) is 10.9 Å². The number of rotatable bonds is 4. The minimum atomic E-state index is 0.733. The van der Waals surface area contributed by atoms with Crippen LogP contribution in [0.4, 0.5) is 5.69 Å². The molecule has 0 aliphatic heterocycles. The number of halogens is 1. The predicted molar refractivity (Wildman–Crippen MR) is 90.1 cm³/mol. The summed E-state index contributed by atoms with van der Waals surface area (Å²) >= 11 is 6.08. The monoisotopic (exact) mass is 296 g/mol. The van der Waals surface area contributed by atoms with E-state index in [9.17, 15) is 0 Å². The number of hydrogen-bond acceptors (Lipinski definition) is 2. The van der Waals surface area contributed by atoms with Crippen LogP contribution in [0.1, 0.15) is 11.1 Å². The van der Waals surface area contributed by atoms with E-state index in [1.165, 1.54) is 11.1 Å². The molecule has 0 saturated carbocycles. The molecule has 3 rings (SSSR count). The molecule has 2 aromatic carbocycles. The molecule has 0 aliphatic carbocycles. The first kappa shape index (κ1) is 13.9. The van der Waals surface area contributed by atoms with Crippen molar-refractivity contribution in [2.75, 3.05) is 11.9 Å². The summed E-state index contributed by atoms with van der Waals surface area (Å²) in [6.07, 6.45) is 2.81. The Hall–Kier alpha value is -2.06. The molecule has 2 nitrogen and oxygen atoms in total. The molecule has 0 radical (unpaired) electrons. The summed E-state index contributed by atoms with van der Waals surface area (Å²) in [6.45, 7) is 2.99. The van der Waals surface area contributed by atoms with Gasteiger partial charge in [0.2, 0.25) is 0 Å². The van der Waals surface area contributed by atoms with Crippen molar-refractivity contribution in [2.45, 2.75) is 13.3 Å². The molecule has 3 heteroatoms. The molecule has 0 atom stereocenters. The Kier molecular flexibility index (Phi) is 4.07. The first-order valence-corrected chi connectivity index (χ1v) is 7.44. The van der Waals surface area contributed by atoms with Crippen LogP contribution in [0.3, 0.4) is 0 Å². The third-order valence-corrected chi connectivity index (χ3v) is 3.79. The minimum absolute atomic E-state index is 0.733. The van der Waals surface area contributed by atoms with Crippen molar-refractivity contribution in [1.29, 1.82) is 0 Å². The number of nitrogens with one attached hydrogen (secondary N) is 1. The molecule has 0 saturated heterocycles. The summed E-state index contributed by atoms with van der Waals surface area (Å²) in [4.78, 5) is 4.36. The van der Waals surface area contributed by atoms with Crippen LogP contribution in [0.2, 0.25) is 5.02 Å². The maximum Gasteiger partial charge on any atom is 0.0723 e. The highest BCUT2D eigenvalue weighted by atomic mass is 35.5. The van der Waals surface area contributed by atoms with Gasteiger partial charge in [-0.15, -0.1) is 0 Å². The van der Waals surface area contributed by atoms with E-state index in [-0.39, 0.29) is 0 Å². The van der Waals surface area contributed by atoms with Gasteiger partial charge >= 0.3 is 0 Å². The lowest BCUT2D eigenvalue weighted by Gasteiger charge is -2.10. The van der Waals surface area contributed by atoms with Gasteiger partial charge in [-0.3, -0.25) is 4.98 Å². The van der Waals surface area contributed by atoms with Gasteiger partial charge in [-0.25, -0.2) is 0 Å². The second kappa shape index (κ2) is 6.15. The van der Waals surface area contributed by atoms with E-state index < -0.39 is 0 Å². The minimum Gasteiger partial charge on any atom is -0.384 e. The Morgan fingerprint density at radius 2 is 1.86 bits per heavy atom. The average Bonchev–Trinajstić information content (AvgIpc) is 2.50. The Bertz CT molecular complexity index is 751. The first-order chi connectivity index (χ1) is 10.2. The average molecular weight is 297 g/mol. The number of pyridine rings is 1. The Balaban J connectivity index is 1.73. The van der Waals surface area contributed by atoms with Crippen LogP contribution >= 0.6 is 11.6 Å². The summed E-state index contributed by atoms with van der Waals surface area (Å²) in [6, 6.07) is 16.4. The highest BCUT2D eigenvalue weighted by Gasteiger charge is 2.02. The van der Waals surface area contributed by atoms with Crippen molar-refractivity contribution in [3.63, 3.8) is 0 Å². The lowest BCUT2D eigenvalue weighted by atomic mass is 10.1. The number of hydrogen-bond donors (Lipinski definition) is 1. The van der Waals surface area contributed by atoms with Crippen molar-refractivity contribution in [3.8, 4) is 0 Å². The van der Waals surface area contributed by atoms with E-state index in [1.807, 2.05) is 30.5 Å². The van der Waals surface area contributed by atoms with Gasteiger partial charge in [-0.05, 0) is 43.2 Å². The molecular formula is C18H17ClN2. The summed E-state index contributed by atoms with van der Waals surface area (Å²) in [5.74, 6) is 0. The van der Waals surface area contributed by atoms with Crippen LogP contribution in [0.5, 0.6) is 0 Å². The maximum absolute atomic E-state index is 6.08. The lowest BCUT2D eigenvalue weighted by Crippen LogP contribution is -2.05. The summed E-state index contributed by atoms with van der Waals surface area (Å²) in [5, 5.41) is 5.28. The van der Waals surface area contributed by atoms with Crippen LogP contribution in [-0.2, 0) is 6.42 Å². The number of benzene rings is 2. The second-order valence-electron chi connectivity index (χ2n) is 5.18. The smallest absolute Gasteiger partial charge is 0.0723 e. The van der Waals surface area contributed by atoms with E-state index in [1.54, 1.807) is 0 Å². The number of aromatic nitrogens is 1. The van der Waals surface area contributed by atoms with Crippen molar-refractivity contribution in [1.82, 2.24) is 4.98 Å². The van der Waals surface area contributed by atoms with E-state index >= 15 is 0 Å². The van der Waals surface area contributed by atoms with Gasteiger partial charge < -0.3 is 5.32 Å². The van der Waals surface area contributed by atoms with Gasteiger partial charge in [0.25, 0.3) is 0 Å². The number of nitrogens with zero attached hydrogens (tertiary/aromatic N) is 1. The van der Waals surface area contributed by atoms with E-state index in [0.717, 1.165) is 34.6 Å². The van der Waals surface area contributed by atoms with Crippen LogP contribution in [-0.4, -0.2) is 11.5 Å². The predicted octanol–water partition coefficient (Wildman–Crippen LogP) is 4.85. The standard InChI is InChI=1S/C18H17ClN2/c1-13-2-4-14(5-3-13)8-10-20-18-9-11-21-17-7-6-15(19)12-16(17)18/h2-7,9,11-12H,8,10H2,1H3,(H,20,21). The van der Waals surface area contributed by atoms with Crippen LogP contribution in [0, 0.1) is 6.92 Å². The zero-order valence-corrected chi connectivity index (χ0v) is 12.7. The molecule has 21 heavy (non-hydrogen) atoms. The van der Waals surface area contributed by atoms with Gasteiger partial charge in [0.05, 0.1) is 5.52 Å². The van der Waals surface area contributed by atoms with Crippen LogP contribution < -0.4 is 5.32 Å². The fraction of sp³-hybridized carbons (Fsp3) is 0.167. The van der Waals surface area contributed by atoms with Gasteiger partial charge in [-0.1, -0.05) is 41.4 Å². The molecule has 0 amide bonds. The molecule has 0 unspecified atom stereocenters.